The summed E-state index contributed by atoms with van der Waals surface area (Å²) < 4.78 is 5.68. The third kappa shape index (κ3) is 4.01. The first-order chi connectivity index (χ1) is 11.9. The van der Waals surface area contributed by atoms with E-state index in [0.29, 0.717) is 5.92 Å². The van der Waals surface area contributed by atoms with Gasteiger partial charge in [0.1, 0.15) is 6.10 Å². The maximum Gasteiger partial charge on any atom is 0.302 e. The molecule has 2 N–H and O–H groups in total. The molecule has 0 aromatic rings. The summed E-state index contributed by atoms with van der Waals surface area (Å²) >= 11 is 0. The lowest BCUT2D eigenvalue weighted by Crippen LogP contribution is -2.61. The zero-order chi connectivity index (χ0) is 19.8. The predicted octanol–water partition coefficient (Wildman–Crippen LogP) is 4.24. The average molecular weight is 367 g/mol. The monoisotopic (exact) mass is 366 g/mol. The fourth-order valence-corrected chi connectivity index (χ4v) is 6.18. The Kier molecular flexibility index (Phi) is 6.29. The summed E-state index contributed by atoms with van der Waals surface area (Å²) in [4.78, 5) is 11.6. The van der Waals surface area contributed by atoms with Crippen molar-refractivity contribution < 1.29 is 19.7 Å². The van der Waals surface area contributed by atoms with Gasteiger partial charge in [0.05, 0.1) is 12.2 Å². The van der Waals surface area contributed by atoms with Crippen LogP contribution in [-0.2, 0) is 9.53 Å². The second kappa shape index (κ2) is 7.63. The van der Waals surface area contributed by atoms with Crippen molar-refractivity contribution >= 4 is 5.97 Å². The molecule has 0 spiro atoms. The van der Waals surface area contributed by atoms with E-state index in [1.54, 1.807) is 0 Å². The first-order valence-corrected chi connectivity index (χ1v) is 10.1. The highest BCUT2D eigenvalue weighted by Gasteiger charge is 2.60. The van der Waals surface area contributed by atoms with E-state index in [2.05, 4.69) is 27.7 Å². The van der Waals surface area contributed by atoms with Gasteiger partial charge in [-0.1, -0.05) is 32.4 Å². The number of rotatable bonds is 5. The number of carbonyl (C=O) groups is 1. The lowest BCUT2D eigenvalue weighted by atomic mass is 9.44. The quantitative estimate of drug-likeness (QED) is 0.564. The Balaban J connectivity index is 2.28. The summed E-state index contributed by atoms with van der Waals surface area (Å²) in [6.07, 6.45) is 7.23. The van der Waals surface area contributed by atoms with Gasteiger partial charge in [-0.15, -0.1) is 0 Å². The van der Waals surface area contributed by atoms with Gasteiger partial charge in [-0.05, 0) is 69.6 Å². The van der Waals surface area contributed by atoms with Gasteiger partial charge in [0, 0.05) is 12.3 Å². The SMILES string of the molecule is CC(=O)OC1CCC2(C)C(CCC(C)=CCO)C(C)(O)CCC2C1(C)C. The third-order valence-corrected chi connectivity index (χ3v) is 7.53. The van der Waals surface area contributed by atoms with Crippen molar-refractivity contribution in [3.05, 3.63) is 11.6 Å². The first-order valence-electron chi connectivity index (χ1n) is 10.1. The molecule has 4 heteroatoms. The van der Waals surface area contributed by atoms with E-state index in [1.807, 2.05) is 13.0 Å². The number of esters is 1. The summed E-state index contributed by atoms with van der Waals surface area (Å²) in [6.45, 7) is 12.4. The van der Waals surface area contributed by atoms with Crippen molar-refractivity contribution in [3.63, 3.8) is 0 Å². The number of hydrogen-bond acceptors (Lipinski definition) is 4. The summed E-state index contributed by atoms with van der Waals surface area (Å²) in [5.41, 5.74) is 0.446. The van der Waals surface area contributed by atoms with E-state index in [9.17, 15) is 9.90 Å². The molecule has 2 rings (SSSR count). The minimum absolute atomic E-state index is 0.0292. The highest BCUT2D eigenvalue weighted by molar-refractivity contribution is 5.66. The maximum atomic E-state index is 11.6. The molecule has 2 aliphatic carbocycles. The minimum atomic E-state index is -0.672. The fraction of sp³-hybridized carbons (Fsp3) is 0.864. The van der Waals surface area contributed by atoms with Crippen molar-refractivity contribution in [2.24, 2.45) is 22.7 Å². The summed E-state index contributed by atoms with van der Waals surface area (Å²) in [7, 11) is 0. The van der Waals surface area contributed by atoms with Crippen molar-refractivity contribution in [2.45, 2.75) is 91.8 Å². The first kappa shape index (κ1) is 21.4. The Bertz CT molecular complexity index is 548. The summed E-state index contributed by atoms with van der Waals surface area (Å²) in [5, 5.41) is 20.3. The molecule has 2 saturated carbocycles. The Hall–Kier alpha value is -0.870. The zero-order valence-electron chi connectivity index (χ0n) is 17.5. The van der Waals surface area contributed by atoms with Crippen LogP contribution in [0, 0.1) is 22.7 Å². The molecule has 2 aliphatic rings. The highest BCUT2D eigenvalue weighted by Crippen LogP contribution is 2.63. The number of aliphatic hydroxyl groups is 2. The maximum absolute atomic E-state index is 11.6. The van der Waals surface area contributed by atoms with Crippen LogP contribution in [0.3, 0.4) is 0 Å². The second-order valence-electron chi connectivity index (χ2n) is 9.74. The van der Waals surface area contributed by atoms with Crippen LogP contribution >= 0.6 is 0 Å². The van der Waals surface area contributed by atoms with Gasteiger partial charge in [-0.2, -0.15) is 0 Å². The smallest absolute Gasteiger partial charge is 0.302 e. The molecule has 0 aromatic carbocycles. The van der Waals surface area contributed by atoms with Crippen LogP contribution < -0.4 is 0 Å². The predicted molar refractivity (Wildman–Crippen MR) is 104 cm³/mol. The van der Waals surface area contributed by atoms with Crippen LogP contribution in [0.15, 0.2) is 11.6 Å². The summed E-state index contributed by atoms with van der Waals surface area (Å²) in [6, 6.07) is 0. The van der Waals surface area contributed by atoms with Gasteiger partial charge < -0.3 is 14.9 Å². The molecule has 5 atom stereocenters. The molecule has 26 heavy (non-hydrogen) atoms. The molecular weight excluding hydrogens is 328 g/mol. The van der Waals surface area contributed by atoms with Crippen LogP contribution in [-0.4, -0.2) is 34.5 Å². The number of hydrogen-bond donors (Lipinski definition) is 2. The molecule has 2 fully saturated rings. The number of ether oxygens (including phenoxy) is 1. The number of fused-ring (bicyclic) bond motifs is 1. The van der Waals surface area contributed by atoms with Crippen molar-refractivity contribution in [3.8, 4) is 0 Å². The molecule has 150 valence electrons. The van der Waals surface area contributed by atoms with E-state index in [-0.39, 0.29) is 35.4 Å². The molecule has 4 nitrogen and oxygen atoms in total. The van der Waals surface area contributed by atoms with Gasteiger partial charge in [-0.3, -0.25) is 4.79 Å². The van der Waals surface area contributed by atoms with Crippen LogP contribution in [0.5, 0.6) is 0 Å². The van der Waals surface area contributed by atoms with E-state index >= 15 is 0 Å². The Morgan fingerprint density at radius 3 is 2.38 bits per heavy atom. The van der Waals surface area contributed by atoms with E-state index in [1.165, 1.54) is 12.5 Å². The second-order valence-corrected chi connectivity index (χ2v) is 9.74. The summed E-state index contributed by atoms with van der Waals surface area (Å²) in [5.74, 6) is 0.421. The normalized spacial score (nSPS) is 40.0. The Morgan fingerprint density at radius 1 is 1.15 bits per heavy atom. The molecule has 0 aliphatic heterocycles. The molecule has 0 radical (unpaired) electrons. The van der Waals surface area contributed by atoms with Gasteiger partial charge in [0.15, 0.2) is 0 Å². The topological polar surface area (TPSA) is 66.8 Å². The van der Waals surface area contributed by atoms with Crippen molar-refractivity contribution in [1.29, 1.82) is 0 Å². The van der Waals surface area contributed by atoms with Crippen molar-refractivity contribution in [1.82, 2.24) is 0 Å². The molecule has 0 amide bonds. The minimum Gasteiger partial charge on any atom is -0.462 e. The van der Waals surface area contributed by atoms with Gasteiger partial charge in [0.2, 0.25) is 0 Å². The van der Waals surface area contributed by atoms with Crippen molar-refractivity contribution in [2.75, 3.05) is 6.61 Å². The molecule has 0 bridgehead atoms. The standard InChI is InChI=1S/C22H38O4/c1-15(11-14-23)7-8-18-21(5)12-10-19(26-16(2)24)20(3,4)17(21)9-13-22(18,6)25/h11,17-19,23,25H,7-10,12-14H2,1-6H3. The van der Waals surface area contributed by atoms with E-state index in [4.69, 9.17) is 9.84 Å². The van der Waals surface area contributed by atoms with E-state index in [0.717, 1.165) is 38.5 Å². The van der Waals surface area contributed by atoms with Crippen LogP contribution in [0.1, 0.15) is 80.1 Å². The molecular formula is C22H38O4. The zero-order valence-corrected chi connectivity index (χ0v) is 17.5. The van der Waals surface area contributed by atoms with Gasteiger partial charge in [0.25, 0.3) is 0 Å². The lowest BCUT2D eigenvalue weighted by molar-refractivity contribution is -0.207. The number of carbonyl (C=O) groups excluding carboxylic acids is 1. The molecule has 0 aromatic heterocycles. The average Bonchev–Trinajstić information content (AvgIpc) is 2.49. The van der Waals surface area contributed by atoms with Crippen LogP contribution in [0.25, 0.3) is 0 Å². The number of allylic oxidation sites excluding steroid dienone is 1. The fourth-order valence-electron chi connectivity index (χ4n) is 6.18. The Labute approximate surface area is 159 Å². The largest absolute Gasteiger partial charge is 0.462 e. The van der Waals surface area contributed by atoms with Gasteiger partial charge in [-0.25, -0.2) is 0 Å². The Morgan fingerprint density at radius 2 is 1.81 bits per heavy atom. The van der Waals surface area contributed by atoms with E-state index < -0.39 is 5.60 Å². The lowest BCUT2D eigenvalue weighted by Gasteiger charge is -2.62. The molecule has 0 heterocycles. The highest BCUT2D eigenvalue weighted by atomic mass is 16.5. The van der Waals surface area contributed by atoms with Crippen LogP contribution in [0.4, 0.5) is 0 Å². The van der Waals surface area contributed by atoms with Gasteiger partial charge >= 0.3 is 5.97 Å². The molecule has 0 saturated heterocycles. The third-order valence-electron chi connectivity index (χ3n) is 7.53. The molecule has 5 unspecified atom stereocenters. The van der Waals surface area contributed by atoms with Crippen LogP contribution in [0.2, 0.25) is 0 Å². The number of aliphatic hydroxyl groups excluding tert-OH is 1.